The lowest BCUT2D eigenvalue weighted by Gasteiger charge is -2.12. The monoisotopic (exact) mass is 244 g/mol. The number of hydrogen-bond acceptors (Lipinski definition) is 2. The summed E-state index contributed by atoms with van der Waals surface area (Å²) in [6, 6.07) is 0. The quantitative estimate of drug-likeness (QED) is 0.796. The van der Waals surface area contributed by atoms with Crippen molar-refractivity contribution in [1.82, 2.24) is 9.97 Å². The number of imidazole rings is 1. The Balaban J connectivity index is 2.28. The van der Waals surface area contributed by atoms with Crippen LogP contribution in [0.25, 0.3) is 0 Å². The fourth-order valence-corrected chi connectivity index (χ4v) is 2.66. The Morgan fingerprint density at radius 2 is 2.31 bits per heavy atom. The van der Waals surface area contributed by atoms with Crippen molar-refractivity contribution in [3.8, 4) is 0 Å². The van der Waals surface area contributed by atoms with E-state index in [9.17, 15) is 5.11 Å². The number of aromatic amines is 1. The van der Waals surface area contributed by atoms with Crippen LogP contribution in [0.4, 0.5) is 0 Å². The first-order valence-electron chi connectivity index (χ1n) is 4.58. The third-order valence-electron chi connectivity index (χ3n) is 2.65. The predicted octanol–water partition coefficient (Wildman–Crippen LogP) is 2.11. The minimum absolute atomic E-state index is 0.198. The van der Waals surface area contributed by atoms with Gasteiger partial charge >= 0.3 is 0 Å². The van der Waals surface area contributed by atoms with Gasteiger partial charge in [-0.1, -0.05) is 6.42 Å². The van der Waals surface area contributed by atoms with Crippen molar-refractivity contribution in [2.75, 3.05) is 0 Å². The average molecular weight is 245 g/mol. The Morgan fingerprint density at radius 1 is 1.54 bits per heavy atom. The van der Waals surface area contributed by atoms with Gasteiger partial charge in [0.1, 0.15) is 10.4 Å². The van der Waals surface area contributed by atoms with Crippen molar-refractivity contribution in [3.05, 3.63) is 16.1 Å². The van der Waals surface area contributed by atoms with E-state index >= 15 is 0 Å². The summed E-state index contributed by atoms with van der Waals surface area (Å²) in [4.78, 5) is 7.44. The van der Waals surface area contributed by atoms with Gasteiger partial charge in [-0.2, -0.15) is 0 Å². The van der Waals surface area contributed by atoms with Crippen molar-refractivity contribution >= 4 is 15.9 Å². The van der Waals surface area contributed by atoms with Crippen LogP contribution in [0.15, 0.2) is 4.60 Å². The summed E-state index contributed by atoms with van der Waals surface area (Å²) in [7, 11) is 0. The number of aryl methyl sites for hydroxylation is 1. The minimum atomic E-state index is -0.198. The lowest BCUT2D eigenvalue weighted by molar-refractivity contribution is 0.162. The third kappa shape index (κ3) is 1.65. The first-order valence-corrected chi connectivity index (χ1v) is 5.38. The number of hydrogen-bond donors (Lipinski definition) is 2. The molecule has 0 spiro atoms. The number of nitrogens with one attached hydrogen (secondary N) is 1. The number of H-pyrrole nitrogens is 1. The van der Waals surface area contributed by atoms with Gasteiger partial charge in [0.2, 0.25) is 0 Å². The molecule has 1 fully saturated rings. The van der Waals surface area contributed by atoms with E-state index in [-0.39, 0.29) is 12.0 Å². The molecule has 0 saturated heterocycles. The molecule has 13 heavy (non-hydrogen) atoms. The second kappa shape index (κ2) is 3.42. The van der Waals surface area contributed by atoms with Crippen LogP contribution in [0.5, 0.6) is 0 Å². The summed E-state index contributed by atoms with van der Waals surface area (Å²) in [5.41, 5.74) is 1.06. The Hall–Kier alpha value is -0.350. The summed E-state index contributed by atoms with van der Waals surface area (Å²) >= 11 is 3.40. The smallest absolute Gasteiger partial charge is 0.127 e. The van der Waals surface area contributed by atoms with Gasteiger partial charge in [-0.05, 0) is 35.7 Å². The number of rotatable bonds is 1. The summed E-state index contributed by atoms with van der Waals surface area (Å²) in [6.45, 7) is 1.93. The van der Waals surface area contributed by atoms with Gasteiger partial charge in [-0.25, -0.2) is 4.98 Å². The van der Waals surface area contributed by atoms with Crippen molar-refractivity contribution in [1.29, 1.82) is 0 Å². The van der Waals surface area contributed by atoms with E-state index < -0.39 is 0 Å². The molecule has 2 unspecified atom stereocenters. The first kappa shape index (κ1) is 9.21. The molecule has 1 aromatic rings. The van der Waals surface area contributed by atoms with Gasteiger partial charge in [-0.15, -0.1) is 0 Å². The zero-order chi connectivity index (χ0) is 9.42. The Morgan fingerprint density at radius 3 is 2.77 bits per heavy atom. The van der Waals surface area contributed by atoms with Gasteiger partial charge < -0.3 is 10.1 Å². The number of aliphatic hydroxyl groups is 1. The highest BCUT2D eigenvalue weighted by molar-refractivity contribution is 9.10. The van der Waals surface area contributed by atoms with E-state index in [1.807, 2.05) is 6.92 Å². The SMILES string of the molecule is Cc1nc(Br)c(C2CCCC2O)[nH]1. The van der Waals surface area contributed by atoms with Gasteiger partial charge in [-0.3, -0.25) is 0 Å². The molecule has 1 heterocycles. The van der Waals surface area contributed by atoms with Gasteiger partial charge in [0, 0.05) is 5.92 Å². The Labute approximate surface area is 85.7 Å². The number of aromatic nitrogens is 2. The van der Waals surface area contributed by atoms with Crippen LogP contribution in [0, 0.1) is 6.92 Å². The minimum Gasteiger partial charge on any atom is -0.392 e. The fraction of sp³-hybridized carbons (Fsp3) is 0.667. The van der Waals surface area contributed by atoms with Gasteiger partial charge in [0.05, 0.1) is 11.8 Å². The first-order chi connectivity index (χ1) is 6.18. The van der Waals surface area contributed by atoms with E-state index in [0.717, 1.165) is 35.4 Å². The van der Waals surface area contributed by atoms with E-state index in [1.165, 1.54) is 0 Å². The molecule has 3 nitrogen and oxygen atoms in total. The largest absolute Gasteiger partial charge is 0.392 e. The number of nitrogens with zero attached hydrogens (tertiary/aromatic N) is 1. The van der Waals surface area contributed by atoms with Gasteiger partial charge in [0.15, 0.2) is 0 Å². The molecule has 2 rings (SSSR count). The molecule has 72 valence electrons. The lowest BCUT2D eigenvalue weighted by atomic mass is 10.0. The summed E-state index contributed by atoms with van der Waals surface area (Å²) in [5.74, 6) is 1.15. The molecule has 0 radical (unpaired) electrons. The molecule has 0 amide bonds. The van der Waals surface area contributed by atoms with E-state index in [1.54, 1.807) is 0 Å². The second-order valence-electron chi connectivity index (χ2n) is 3.63. The van der Waals surface area contributed by atoms with Crippen LogP contribution in [-0.4, -0.2) is 21.2 Å². The van der Waals surface area contributed by atoms with Crippen molar-refractivity contribution < 1.29 is 5.11 Å². The Kier molecular flexibility index (Phi) is 2.43. The lowest BCUT2D eigenvalue weighted by Crippen LogP contribution is -2.11. The molecule has 0 aromatic carbocycles. The predicted molar refractivity (Wildman–Crippen MR) is 53.6 cm³/mol. The van der Waals surface area contributed by atoms with Crippen LogP contribution >= 0.6 is 15.9 Å². The van der Waals surface area contributed by atoms with Gasteiger partial charge in [0.25, 0.3) is 0 Å². The van der Waals surface area contributed by atoms with Crippen LogP contribution in [0.1, 0.15) is 36.7 Å². The maximum atomic E-state index is 9.71. The van der Waals surface area contributed by atoms with Crippen molar-refractivity contribution in [2.24, 2.45) is 0 Å². The average Bonchev–Trinajstić information content (AvgIpc) is 2.58. The normalized spacial score (nSPS) is 28.2. The van der Waals surface area contributed by atoms with E-state index in [0.29, 0.717) is 0 Å². The van der Waals surface area contributed by atoms with Crippen LogP contribution in [-0.2, 0) is 0 Å². The summed E-state index contributed by atoms with van der Waals surface area (Å²) < 4.78 is 0.857. The zero-order valence-electron chi connectivity index (χ0n) is 7.55. The summed E-state index contributed by atoms with van der Waals surface area (Å²) in [5, 5.41) is 9.71. The number of aliphatic hydroxyl groups excluding tert-OH is 1. The van der Waals surface area contributed by atoms with Crippen LogP contribution in [0.2, 0.25) is 0 Å². The Bertz CT molecular complexity index is 311. The van der Waals surface area contributed by atoms with Crippen LogP contribution < -0.4 is 0 Å². The fourth-order valence-electron chi connectivity index (χ4n) is 2.00. The highest BCUT2D eigenvalue weighted by atomic mass is 79.9. The third-order valence-corrected chi connectivity index (χ3v) is 3.26. The molecule has 0 bridgehead atoms. The zero-order valence-corrected chi connectivity index (χ0v) is 9.13. The molecule has 4 heteroatoms. The molecule has 1 saturated carbocycles. The molecule has 1 aliphatic rings. The van der Waals surface area contributed by atoms with Crippen molar-refractivity contribution in [3.63, 3.8) is 0 Å². The van der Waals surface area contributed by atoms with E-state index in [4.69, 9.17) is 0 Å². The molecule has 1 aromatic heterocycles. The molecule has 0 aliphatic heterocycles. The summed E-state index contributed by atoms with van der Waals surface area (Å²) in [6.07, 6.45) is 2.88. The standard InChI is InChI=1S/C9H13BrN2O/c1-5-11-8(9(10)12-5)6-3-2-4-7(6)13/h6-7,13H,2-4H2,1H3,(H,11,12). The maximum absolute atomic E-state index is 9.71. The molecule has 2 N–H and O–H groups in total. The second-order valence-corrected chi connectivity index (χ2v) is 4.38. The number of halogens is 1. The van der Waals surface area contributed by atoms with Crippen LogP contribution in [0.3, 0.4) is 0 Å². The maximum Gasteiger partial charge on any atom is 0.127 e. The molecule has 2 atom stereocenters. The molecular weight excluding hydrogens is 232 g/mol. The topological polar surface area (TPSA) is 48.9 Å². The molecule has 1 aliphatic carbocycles. The molecular formula is C9H13BrN2O. The van der Waals surface area contributed by atoms with E-state index in [2.05, 4.69) is 25.9 Å². The van der Waals surface area contributed by atoms with Crippen molar-refractivity contribution in [2.45, 2.75) is 38.2 Å². The highest BCUT2D eigenvalue weighted by Crippen LogP contribution is 2.36. The highest BCUT2D eigenvalue weighted by Gasteiger charge is 2.29.